The van der Waals surface area contributed by atoms with Crippen LogP contribution in [0.25, 0.3) is 0 Å². The molecule has 0 fully saturated rings. The molecule has 0 radical (unpaired) electrons. The number of fused-ring (bicyclic) bond motifs is 1. The van der Waals surface area contributed by atoms with E-state index in [4.69, 9.17) is 0 Å². The van der Waals surface area contributed by atoms with E-state index in [1.165, 1.54) is 10.6 Å². The number of thioether (sulfide) groups is 1. The van der Waals surface area contributed by atoms with Gasteiger partial charge in [-0.25, -0.2) is 0 Å². The summed E-state index contributed by atoms with van der Waals surface area (Å²) in [4.78, 5) is 17.2. The summed E-state index contributed by atoms with van der Waals surface area (Å²) in [6, 6.07) is 6.01. The second-order valence-corrected chi connectivity index (χ2v) is 5.45. The Hall–Kier alpha value is -1.16. The van der Waals surface area contributed by atoms with Gasteiger partial charge in [-0.05, 0) is 25.1 Å². The molecule has 3 nitrogen and oxygen atoms in total. The number of anilines is 1. The molecule has 0 atom stereocenters. The highest BCUT2D eigenvalue weighted by molar-refractivity contribution is 7.99. The maximum atomic E-state index is 11.9. The van der Waals surface area contributed by atoms with E-state index in [9.17, 15) is 4.79 Å². The molecule has 0 saturated heterocycles. The first kappa shape index (κ1) is 12.3. The van der Waals surface area contributed by atoms with Gasteiger partial charge < -0.3 is 9.80 Å². The molecule has 4 heteroatoms. The minimum absolute atomic E-state index is 0.0689. The highest BCUT2D eigenvalue weighted by Gasteiger charge is 2.18. The van der Waals surface area contributed by atoms with Gasteiger partial charge >= 0.3 is 0 Å². The van der Waals surface area contributed by atoms with E-state index in [2.05, 4.69) is 17.9 Å². The Balaban J connectivity index is 2.37. The van der Waals surface area contributed by atoms with Crippen molar-refractivity contribution in [2.45, 2.75) is 11.8 Å². The third-order valence-corrected chi connectivity index (χ3v) is 4.00. The van der Waals surface area contributed by atoms with Crippen molar-refractivity contribution >= 4 is 23.4 Å². The molecule has 92 valence electrons. The Bertz CT molecular complexity index is 431. The van der Waals surface area contributed by atoms with Crippen LogP contribution >= 0.6 is 11.8 Å². The van der Waals surface area contributed by atoms with Crippen molar-refractivity contribution in [2.75, 3.05) is 37.8 Å². The van der Waals surface area contributed by atoms with Crippen LogP contribution in [0, 0.1) is 0 Å². The molecule has 1 amide bonds. The second-order valence-electron chi connectivity index (χ2n) is 4.31. The maximum absolute atomic E-state index is 11.9. The van der Waals surface area contributed by atoms with Crippen LogP contribution < -0.4 is 4.90 Å². The predicted molar refractivity (Wildman–Crippen MR) is 73.1 cm³/mol. The van der Waals surface area contributed by atoms with E-state index in [0.717, 1.165) is 24.4 Å². The van der Waals surface area contributed by atoms with E-state index in [-0.39, 0.29) is 5.91 Å². The van der Waals surface area contributed by atoms with Gasteiger partial charge in [-0.2, -0.15) is 0 Å². The lowest BCUT2D eigenvalue weighted by atomic mass is 10.1. The first-order chi connectivity index (χ1) is 8.13. The van der Waals surface area contributed by atoms with E-state index in [1.807, 2.05) is 23.9 Å². The summed E-state index contributed by atoms with van der Waals surface area (Å²) < 4.78 is 0. The number of carbonyl (C=O) groups excluding carboxylic acids is 1. The quantitative estimate of drug-likeness (QED) is 0.805. The van der Waals surface area contributed by atoms with Crippen molar-refractivity contribution in [3.05, 3.63) is 23.8 Å². The molecule has 1 aliphatic heterocycles. The van der Waals surface area contributed by atoms with Crippen LogP contribution in [-0.4, -0.2) is 43.7 Å². The number of nitrogens with zero attached hydrogens (tertiary/aromatic N) is 2. The monoisotopic (exact) mass is 250 g/mol. The van der Waals surface area contributed by atoms with Crippen LogP contribution in [0.1, 0.15) is 17.3 Å². The van der Waals surface area contributed by atoms with Gasteiger partial charge in [-0.3, -0.25) is 4.79 Å². The Morgan fingerprint density at radius 3 is 2.88 bits per heavy atom. The van der Waals surface area contributed by atoms with Gasteiger partial charge in [0.25, 0.3) is 5.91 Å². The smallest absolute Gasteiger partial charge is 0.253 e. The fourth-order valence-corrected chi connectivity index (χ4v) is 3.02. The summed E-state index contributed by atoms with van der Waals surface area (Å²) in [5, 5.41) is 0. The van der Waals surface area contributed by atoms with Gasteiger partial charge in [-0.15, -0.1) is 11.8 Å². The lowest BCUT2D eigenvalue weighted by molar-refractivity contribution is 0.0827. The van der Waals surface area contributed by atoms with Crippen molar-refractivity contribution in [3.8, 4) is 0 Å². The summed E-state index contributed by atoms with van der Waals surface area (Å²) in [5.74, 6) is 1.20. The zero-order valence-corrected chi connectivity index (χ0v) is 11.4. The molecule has 0 aliphatic carbocycles. The Morgan fingerprint density at radius 2 is 2.24 bits per heavy atom. The molecule has 1 aliphatic rings. The van der Waals surface area contributed by atoms with Crippen LogP contribution in [-0.2, 0) is 0 Å². The highest BCUT2D eigenvalue weighted by Crippen LogP contribution is 2.35. The number of benzene rings is 1. The minimum Gasteiger partial charge on any atom is -0.370 e. The standard InChI is InChI=1S/C13H18N2OS/c1-4-15-7-8-17-12-6-5-10(9-11(12)15)13(16)14(2)3/h5-6,9H,4,7-8H2,1-3H3. The summed E-state index contributed by atoms with van der Waals surface area (Å²) in [6.45, 7) is 4.21. The Labute approximate surface area is 107 Å². The van der Waals surface area contributed by atoms with Gasteiger partial charge in [0.2, 0.25) is 0 Å². The SMILES string of the molecule is CCN1CCSc2ccc(C(=O)N(C)C)cc21. The first-order valence-corrected chi connectivity index (χ1v) is 6.85. The van der Waals surface area contributed by atoms with E-state index >= 15 is 0 Å². The lowest BCUT2D eigenvalue weighted by Gasteiger charge is -2.30. The average Bonchev–Trinajstić information content (AvgIpc) is 2.36. The third-order valence-electron chi connectivity index (χ3n) is 2.95. The Kier molecular flexibility index (Phi) is 3.62. The molecule has 0 unspecified atom stereocenters. The van der Waals surface area contributed by atoms with Crippen LogP contribution in [0.15, 0.2) is 23.1 Å². The number of hydrogen-bond donors (Lipinski definition) is 0. The summed E-state index contributed by atoms with van der Waals surface area (Å²) in [7, 11) is 3.57. The summed E-state index contributed by atoms with van der Waals surface area (Å²) >= 11 is 1.87. The summed E-state index contributed by atoms with van der Waals surface area (Å²) in [6.07, 6.45) is 0. The highest BCUT2D eigenvalue weighted by atomic mass is 32.2. The van der Waals surface area contributed by atoms with Gasteiger partial charge in [-0.1, -0.05) is 0 Å². The van der Waals surface area contributed by atoms with Gasteiger partial charge in [0.05, 0.1) is 5.69 Å². The van der Waals surface area contributed by atoms with E-state index < -0.39 is 0 Å². The molecule has 1 aromatic carbocycles. The van der Waals surface area contributed by atoms with Crippen LogP contribution in [0.2, 0.25) is 0 Å². The first-order valence-electron chi connectivity index (χ1n) is 5.87. The lowest BCUT2D eigenvalue weighted by Crippen LogP contribution is -2.29. The Morgan fingerprint density at radius 1 is 1.47 bits per heavy atom. The molecule has 1 aromatic rings. The van der Waals surface area contributed by atoms with E-state index in [1.54, 1.807) is 19.0 Å². The molecule has 0 N–H and O–H groups in total. The number of amides is 1. The van der Waals surface area contributed by atoms with E-state index in [0.29, 0.717) is 0 Å². The van der Waals surface area contributed by atoms with Gasteiger partial charge in [0, 0.05) is 43.4 Å². The molecule has 1 heterocycles. The van der Waals surface area contributed by atoms with Crippen molar-refractivity contribution in [1.29, 1.82) is 0 Å². The zero-order chi connectivity index (χ0) is 12.4. The third kappa shape index (κ3) is 2.41. The predicted octanol–water partition coefficient (Wildman–Crippen LogP) is 2.32. The van der Waals surface area contributed by atoms with Crippen LogP contribution in [0.4, 0.5) is 5.69 Å². The van der Waals surface area contributed by atoms with Crippen LogP contribution in [0.5, 0.6) is 0 Å². The molecule has 0 spiro atoms. The molecule has 17 heavy (non-hydrogen) atoms. The van der Waals surface area contributed by atoms with Crippen molar-refractivity contribution < 1.29 is 4.79 Å². The average molecular weight is 250 g/mol. The maximum Gasteiger partial charge on any atom is 0.253 e. The fraction of sp³-hybridized carbons (Fsp3) is 0.462. The van der Waals surface area contributed by atoms with Gasteiger partial charge in [0.15, 0.2) is 0 Å². The van der Waals surface area contributed by atoms with Crippen molar-refractivity contribution in [2.24, 2.45) is 0 Å². The summed E-state index contributed by atoms with van der Waals surface area (Å²) in [5.41, 5.74) is 1.98. The number of rotatable bonds is 2. The fourth-order valence-electron chi connectivity index (χ4n) is 1.99. The van der Waals surface area contributed by atoms with Crippen molar-refractivity contribution in [3.63, 3.8) is 0 Å². The zero-order valence-electron chi connectivity index (χ0n) is 10.6. The molecular formula is C13H18N2OS. The molecule has 2 rings (SSSR count). The van der Waals surface area contributed by atoms with Crippen LogP contribution in [0.3, 0.4) is 0 Å². The number of hydrogen-bond acceptors (Lipinski definition) is 3. The van der Waals surface area contributed by atoms with Gasteiger partial charge in [0.1, 0.15) is 0 Å². The van der Waals surface area contributed by atoms with Crippen molar-refractivity contribution in [1.82, 2.24) is 4.90 Å². The normalized spacial score (nSPS) is 14.4. The number of carbonyl (C=O) groups is 1. The minimum atomic E-state index is 0.0689. The molecule has 0 aromatic heterocycles. The second kappa shape index (κ2) is 5.00. The largest absolute Gasteiger partial charge is 0.370 e. The molecule has 0 saturated carbocycles. The molecule has 0 bridgehead atoms. The molecular weight excluding hydrogens is 232 g/mol. The topological polar surface area (TPSA) is 23.6 Å².